The van der Waals surface area contributed by atoms with Crippen molar-refractivity contribution < 1.29 is 9.53 Å². The highest BCUT2D eigenvalue weighted by Gasteiger charge is 2.13. The quantitative estimate of drug-likeness (QED) is 0.768. The van der Waals surface area contributed by atoms with Crippen molar-refractivity contribution in [1.82, 2.24) is 4.98 Å². The van der Waals surface area contributed by atoms with Crippen molar-refractivity contribution in [1.29, 1.82) is 0 Å². The molecular weight excluding hydrogens is 264 g/mol. The standard InChI is InChI=1S/C17H16N2O2/c1-11-6-7-15(21-2)14(10-11)19-17(20)13-5-3-4-12-8-9-18-16(12)13/h3-10,18H,1-2H3,(H,19,20). The van der Waals surface area contributed by atoms with Gasteiger partial charge in [0.25, 0.3) is 5.91 Å². The van der Waals surface area contributed by atoms with Crippen LogP contribution >= 0.6 is 0 Å². The Morgan fingerprint density at radius 1 is 1.19 bits per heavy atom. The second-order valence-electron chi connectivity index (χ2n) is 4.91. The molecule has 2 N–H and O–H groups in total. The average molecular weight is 280 g/mol. The molecule has 0 unspecified atom stereocenters. The second kappa shape index (κ2) is 5.32. The zero-order chi connectivity index (χ0) is 14.8. The summed E-state index contributed by atoms with van der Waals surface area (Å²) < 4.78 is 5.29. The summed E-state index contributed by atoms with van der Waals surface area (Å²) >= 11 is 0. The third-order valence-corrected chi connectivity index (χ3v) is 3.44. The van der Waals surface area contributed by atoms with Gasteiger partial charge in [-0.2, -0.15) is 0 Å². The molecule has 1 heterocycles. The van der Waals surface area contributed by atoms with Gasteiger partial charge in [0.1, 0.15) is 5.75 Å². The van der Waals surface area contributed by atoms with Crippen molar-refractivity contribution in [3.63, 3.8) is 0 Å². The van der Waals surface area contributed by atoms with E-state index < -0.39 is 0 Å². The number of carbonyl (C=O) groups is 1. The number of ether oxygens (including phenoxy) is 1. The van der Waals surface area contributed by atoms with Gasteiger partial charge in [-0.15, -0.1) is 0 Å². The zero-order valence-corrected chi connectivity index (χ0v) is 11.9. The molecule has 0 atom stereocenters. The summed E-state index contributed by atoms with van der Waals surface area (Å²) in [4.78, 5) is 15.6. The Hall–Kier alpha value is -2.75. The summed E-state index contributed by atoms with van der Waals surface area (Å²) in [6.45, 7) is 1.97. The van der Waals surface area contributed by atoms with E-state index in [-0.39, 0.29) is 5.91 Å². The smallest absolute Gasteiger partial charge is 0.257 e. The van der Waals surface area contributed by atoms with Crippen LogP contribution in [-0.2, 0) is 0 Å². The van der Waals surface area contributed by atoms with Crippen molar-refractivity contribution in [2.24, 2.45) is 0 Å². The van der Waals surface area contributed by atoms with E-state index in [0.717, 1.165) is 16.5 Å². The van der Waals surface area contributed by atoms with Gasteiger partial charge in [0.05, 0.1) is 23.9 Å². The Morgan fingerprint density at radius 3 is 2.86 bits per heavy atom. The van der Waals surface area contributed by atoms with Gasteiger partial charge in [0.15, 0.2) is 0 Å². The van der Waals surface area contributed by atoms with Crippen molar-refractivity contribution in [2.75, 3.05) is 12.4 Å². The molecule has 1 amide bonds. The van der Waals surface area contributed by atoms with Crippen LogP contribution in [0.25, 0.3) is 10.9 Å². The molecule has 0 aliphatic carbocycles. The van der Waals surface area contributed by atoms with E-state index in [9.17, 15) is 4.79 Å². The Labute approximate surface area is 122 Å². The molecule has 0 aliphatic rings. The summed E-state index contributed by atoms with van der Waals surface area (Å²) in [5.74, 6) is 0.486. The van der Waals surface area contributed by atoms with Crippen LogP contribution in [0.4, 0.5) is 5.69 Å². The summed E-state index contributed by atoms with van der Waals surface area (Å²) in [5, 5.41) is 3.93. The zero-order valence-electron chi connectivity index (χ0n) is 11.9. The summed E-state index contributed by atoms with van der Waals surface area (Å²) in [7, 11) is 1.59. The van der Waals surface area contributed by atoms with Crippen molar-refractivity contribution in [3.8, 4) is 5.75 Å². The van der Waals surface area contributed by atoms with Crippen molar-refractivity contribution in [2.45, 2.75) is 6.92 Å². The first-order chi connectivity index (χ1) is 10.2. The molecule has 0 bridgehead atoms. The minimum atomic E-state index is -0.160. The Kier molecular flexibility index (Phi) is 3.36. The first kappa shape index (κ1) is 13.2. The maximum Gasteiger partial charge on any atom is 0.257 e. The van der Waals surface area contributed by atoms with Gasteiger partial charge in [-0.1, -0.05) is 18.2 Å². The Bertz CT molecular complexity index is 805. The van der Waals surface area contributed by atoms with E-state index >= 15 is 0 Å². The molecular formula is C17H16N2O2. The highest BCUT2D eigenvalue weighted by Crippen LogP contribution is 2.26. The first-order valence-corrected chi connectivity index (χ1v) is 6.71. The third kappa shape index (κ3) is 2.48. The molecule has 1 aromatic heterocycles. The molecule has 4 heteroatoms. The average Bonchev–Trinajstić information content (AvgIpc) is 2.95. The predicted molar refractivity (Wildman–Crippen MR) is 84.0 cm³/mol. The van der Waals surface area contributed by atoms with E-state index in [2.05, 4.69) is 10.3 Å². The number of amides is 1. The van der Waals surface area contributed by atoms with Gasteiger partial charge in [0, 0.05) is 11.6 Å². The van der Waals surface area contributed by atoms with E-state index in [0.29, 0.717) is 17.0 Å². The number of carbonyl (C=O) groups excluding carboxylic acids is 1. The minimum Gasteiger partial charge on any atom is -0.495 e. The number of aromatic amines is 1. The number of nitrogens with one attached hydrogen (secondary N) is 2. The van der Waals surface area contributed by atoms with Gasteiger partial charge in [0.2, 0.25) is 0 Å². The lowest BCUT2D eigenvalue weighted by Crippen LogP contribution is -2.13. The maximum atomic E-state index is 12.5. The van der Waals surface area contributed by atoms with Gasteiger partial charge in [-0.3, -0.25) is 4.79 Å². The van der Waals surface area contributed by atoms with Crippen LogP contribution in [0.15, 0.2) is 48.7 Å². The number of benzene rings is 2. The van der Waals surface area contributed by atoms with Crippen LogP contribution in [0.5, 0.6) is 5.75 Å². The molecule has 106 valence electrons. The van der Waals surface area contributed by atoms with Gasteiger partial charge in [-0.05, 0) is 36.8 Å². The highest BCUT2D eigenvalue weighted by atomic mass is 16.5. The van der Waals surface area contributed by atoms with Crippen molar-refractivity contribution >= 4 is 22.5 Å². The largest absolute Gasteiger partial charge is 0.495 e. The number of anilines is 1. The van der Waals surface area contributed by atoms with E-state index in [4.69, 9.17) is 4.74 Å². The van der Waals surface area contributed by atoms with Gasteiger partial charge >= 0.3 is 0 Å². The molecule has 0 radical (unpaired) electrons. The Morgan fingerprint density at radius 2 is 2.05 bits per heavy atom. The molecule has 21 heavy (non-hydrogen) atoms. The lowest BCUT2D eigenvalue weighted by molar-refractivity contribution is 0.102. The molecule has 0 aliphatic heterocycles. The van der Waals surface area contributed by atoms with Gasteiger partial charge in [-0.25, -0.2) is 0 Å². The molecule has 0 fully saturated rings. The molecule has 4 nitrogen and oxygen atoms in total. The fourth-order valence-electron chi connectivity index (χ4n) is 2.38. The lowest BCUT2D eigenvalue weighted by Gasteiger charge is -2.11. The van der Waals surface area contributed by atoms with Crippen LogP contribution < -0.4 is 10.1 Å². The molecule has 3 aromatic rings. The van der Waals surface area contributed by atoms with Gasteiger partial charge < -0.3 is 15.0 Å². The summed E-state index contributed by atoms with van der Waals surface area (Å²) in [5.41, 5.74) is 3.18. The monoisotopic (exact) mass is 280 g/mol. The Balaban J connectivity index is 1.97. The number of H-pyrrole nitrogens is 1. The van der Waals surface area contributed by atoms with Crippen LogP contribution in [0.1, 0.15) is 15.9 Å². The number of methoxy groups -OCH3 is 1. The fraction of sp³-hybridized carbons (Fsp3) is 0.118. The number of fused-ring (bicyclic) bond motifs is 1. The van der Waals surface area contributed by atoms with Crippen LogP contribution in [0.3, 0.4) is 0 Å². The predicted octanol–water partition coefficient (Wildman–Crippen LogP) is 3.74. The summed E-state index contributed by atoms with van der Waals surface area (Å²) in [6.07, 6.45) is 1.83. The van der Waals surface area contributed by atoms with Crippen LogP contribution in [0, 0.1) is 6.92 Å². The third-order valence-electron chi connectivity index (χ3n) is 3.44. The molecule has 0 saturated heterocycles. The second-order valence-corrected chi connectivity index (χ2v) is 4.91. The normalized spacial score (nSPS) is 10.6. The molecule has 0 saturated carbocycles. The SMILES string of the molecule is COc1ccc(C)cc1NC(=O)c1cccc2cc[nH]c12. The van der Waals surface area contributed by atoms with E-state index in [1.54, 1.807) is 13.2 Å². The number of rotatable bonds is 3. The number of hydrogen-bond acceptors (Lipinski definition) is 2. The van der Waals surface area contributed by atoms with Crippen LogP contribution in [0.2, 0.25) is 0 Å². The van der Waals surface area contributed by atoms with Crippen LogP contribution in [-0.4, -0.2) is 18.0 Å². The molecule has 2 aromatic carbocycles. The minimum absolute atomic E-state index is 0.160. The van der Waals surface area contributed by atoms with E-state index in [1.807, 2.05) is 49.5 Å². The fourth-order valence-corrected chi connectivity index (χ4v) is 2.38. The number of aromatic nitrogens is 1. The number of para-hydroxylation sites is 1. The molecule has 0 spiro atoms. The lowest BCUT2D eigenvalue weighted by atomic mass is 10.1. The highest BCUT2D eigenvalue weighted by molar-refractivity contribution is 6.12. The topological polar surface area (TPSA) is 54.1 Å². The number of hydrogen-bond donors (Lipinski definition) is 2. The van der Waals surface area contributed by atoms with Crippen molar-refractivity contribution in [3.05, 3.63) is 59.8 Å². The van der Waals surface area contributed by atoms with E-state index in [1.165, 1.54) is 0 Å². The summed E-state index contributed by atoms with van der Waals surface area (Å²) in [6, 6.07) is 13.3. The number of aryl methyl sites for hydroxylation is 1. The molecule has 3 rings (SSSR count). The maximum absolute atomic E-state index is 12.5. The first-order valence-electron chi connectivity index (χ1n) is 6.71.